The molecule has 2 aromatic heterocycles. The van der Waals surface area contributed by atoms with Crippen LogP contribution in [0.3, 0.4) is 0 Å². The molecule has 0 saturated heterocycles. The molecule has 9 heteroatoms. The van der Waals surface area contributed by atoms with Gasteiger partial charge in [0.2, 0.25) is 0 Å². The number of benzene rings is 1. The fraction of sp³-hybridized carbons (Fsp3) is 0.200. The van der Waals surface area contributed by atoms with Crippen molar-refractivity contribution in [3.8, 4) is 23.1 Å². The van der Waals surface area contributed by atoms with Gasteiger partial charge in [-0.05, 0) is 24.3 Å². The van der Waals surface area contributed by atoms with Crippen LogP contribution in [0.15, 0.2) is 34.9 Å². The quantitative estimate of drug-likeness (QED) is 0.777. The van der Waals surface area contributed by atoms with Crippen molar-refractivity contribution in [2.24, 2.45) is 7.05 Å². The summed E-state index contributed by atoms with van der Waals surface area (Å²) in [5.74, 6) is 0.998. The van der Waals surface area contributed by atoms with E-state index in [-0.39, 0.29) is 17.8 Å². The Bertz CT molecular complexity index is 901. The lowest BCUT2D eigenvalue weighted by atomic mass is 10.2. The number of hydrogen-bond acceptors (Lipinski definition) is 7. The largest absolute Gasteiger partial charge is 0.486 e. The number of nitrogens with zero attached hydrogens (tertiary/aromatic N) is 4. The van der Waals surface area contributed by atoms with Gasteiger partial charge >= 0.3 is 6.01 Å². The Kier molecular flexibility index (Phi) is 3.38. The molecule has 3 heterocycles. The monoisotopic (exact) mass is 327 g/mol. The van der Waals surface area contributed by atoms with Gasteiger partial charge in [-0.15, -0.1) is 5.10 Å². The number of ether oxygens (including phenoxy) is 2. The first kappa shape index (κ1) is 14.2. The summed E-state index contributed by atoms with van der Waals surface area (Å²) in [5.41, 5.74) is 0.932. The zero-order valence-corrected chi connectivity index (χ0v) is 12.7. The Morgan fingerprint density at radius 3 is 2.79 bits per heavy atom. The molecule has 0 fully saturated rings. The van der Waals surface area contributed by atoms with Crippen LogP contribution in [0.25, 0.3) is 11.6 Å². The summed E-state index contributed by atoms with van der Waals surface area (Å²) in [7, 11) is 1.78. The number of carbonyl (C=O) groups is 1. The van der Waals surface area contributed by atoms with Gasteiger partial charge in [0, 0.05) is 18.8 Å². The summed E-state index contributed by atoms with van der Waals surface area (Å²) in [5, 5.41) is 14.4. The highest BCUT2D eigenvalue weighted by molar-refractivity contribution is 6.03. The Morgan fingerprint density at radius 1 is 1.17 bits per heavy atom. The van der Waals surface area contributed by atoms with Gasteiger partial charge in [-0.25, -0.2) is 0 Å². The number of aryl methyl sites for hydroxylation is 1. The van der Waals surface area contributed by atoms with Crippen LogP contribution < -0.4 is 14.8 Å². The van der Waals surface area contributed by atoms with Crippen LogP contribution in [0, 0.1) is 0 Å². The van der Waals surface area contributed by atoms with E-state index in [4.69, 9.17) is 13.9 Å². The number of aromatic nitrogens is 4. The van der Waals surface area contributed by atoms with Crippen LogP contribution in [0.5, 0.6) is 11.5 Å². The lowest BCUT2D eigenvalue weighted by molar-refractivity contribution is 0.102. The molecule has 0 bridgehead atoms. The van der Waals surface area contributed by atoms with Crippen molar-refractivity contribution in [2.75, 3.05) is 18.5 Å². The number of hydrogen-bond donors (Lipinski definition) is 1. The Balaban J connectivity index is 1.51. The van der Waals surface area contributed by atoms with E-state index in [2.05, 4.69) is 20.6 Å². The minimum Gasteiger partial charge on any atom is -0.486 e. The van der Waals surface area contributed by atoms with E-state index in [9.17, 15) is 4.79 Å². The predicted molar refractivity (Wildman–Crippen MR) is 81.9 cm³/mol. The molecule has 0 spiro atoms. The molecule has 0 aliphatic carbocycles. The highest BCUT2D eigenvalue weighted by Gasteiger charge is 2.17. The van der Waals surface area contributed by atoms with Crippen molar-refractivity contribution in [3.63, 3.8) is 0 Å². The van der Waals surface area contributed by atoms with Crippen LogP contribution in [-0.4, -0.2) is 39.1 Å². The average molecular weight is 327 g/mol. The molecule has 1 aromatic carbocycles. The van der Waals surface area contributed by atoms with Crippen LogP contribution in [0.4, 0.5) is 6.01 Å². The summed E-state index contributed by atoms with van der Waals surface area (Å²) in [6.45, 7) is 0.950. The highest BCUT2D eigenvalue weighted by atomic mass is 16.6. The second kappa shape index (κ2) is 5.69. The Morgan fingerprint density at radius 2 is 2.00 bits per heavy atom. The molecular formula is C15H13N5O4. The summed E-state index contributed by atoms with van der Waals surface area (Å²) in [4.78, 5) is 12.3. The molecule has 1 aliphatic rings. The molecule has 24 heavy (non-hydrogen) atoms. The third kappa shape index (κ3) is 2.67. The van der Waals surface area contributed by atoms with Crippen molar-refractivity contribution in [1.29, 1.82) is 0 Å². The molecular weight excluding hydrogens is 314 g/mol. The van der Waals surface area contributed by atoms with Crippen molar-refractivity contribution in [3.05, 3.63) is 36.0 Å². The second-order valence-corrected chi connectivity index (χ2v) is 5.10. The van der Waals surface area contributed by atoms with E-state index in [1.807, 2.05) is 0 Å². The third-order valence-electron chi connectivity index (χ3n) is 3.38. The Labute approximate surface area is 136 Å². The van der Waals surface area contributed by atoms with Crippen molar-refractivity contribution < 1.29 is 18.7 Å². The number of amides is 1. The van der Waals surface area contributed by atoms with Crippen molar-refractivity contribution >= 4 is 11.9 Å². The smallest absolute Gasteiger partial charge is 0.322 e. The number of fused-ring (bicyclic) bond motifs is 1. The minimum atomic E-state index is -0.386. The molecule has 3 aromatic rings. The van der Waals surface area contributed by atoms with Gasteiger partial charge in [-0.2, -0.15) is 5.10 Å². The van der Waals surface area contributed by atoms with Crippen LogP contribution in [0.1, 0.15) is 10.4 Å². The molecule has 122 valence electrons. The molecule has 9 nitrogen and oxygen atoms in total. The van der Waals surface area contributed by atoms with Gasteiger partial charge in [0.25, 0.3) is 11.8 Å². The summed E-state index contributed by atoms with van der Waals surface area (Å²) in [6, 6.07) is 6.67. The fourth-order valence-corrected chi connectivity index (χ4v) is 2.26. The molecule has 0 atom stereocenters. The van der Waals surface area contributed by atoms with E-state index in [1.54, 1.807) is 42.2 Å². The lowest BCUT2D eigenvalue weighted by Gasteiger charge is -2.18. The Hall–Kier alpha value is -3.36. The van der Waals surface area contributed by atoms with Crippen LogP contribution in [-0.2, 0) is 7.05 Å². The normalized spacial score (nSPS) is 12.9. The van der Waals surface area contributed by atoms with E-state index >= 15 is 0 Å². The summed E-state index contributed by atoms with van der Waals surface area (Å²) >= 11 is 0. The van der Waals surface area contributed by atoms with E-state index in [1.165, 1.54) is 0 Å². The van der Waals surface area contributed by atoms with Gasteiger partial charge in [0.1, 0.15) is 18.9 Å². The SMILES string of the molecule is Cn1ccc(-c2nnc(NC(=O)c3ccc4c(c3)OCCO4)o2)n1. The van der Waals surface area contributed by atoms with Gasteiger partial charge in [0.15, 0.2) is 11.5 Å². The van der Waals surface area contributed by atoms with E-state index < -0.39 is 0 Å². The summed E-state index contributed by atoms with van der Waals surface area (Å²) < 4.78 is 17.9. The van der Waals surface area contributed by atoms with Gasteiger partial charge in [-0.1, -0.05) is 5.10 Å². The number of anilines is 1. The molecule has 1 amide bonds. The second-order valence-electron chi connectivity index (χ2n) is 5.10. The number of nitrogens with one attached hydrogen (secondary N) is 1. The predicted octanol–water partition coefficient (Wildman–Crippen LogP) is 1.49. The fourth-order valence-electron chi connectivity index (χ4n) is 2.26. The lowest BCUT2D eigenvalue weighted by Crippen LogP contribution is -2.17. The minimum absolute atomic E-state index is 0.00413. The standard InChI is InChI=1S/C15H13N5O4/c1-20-5-4-10(19-20)14-17-18-15(24-14)16-13(21)9-2-3-11-12(8-9)23-7-6-22-11/h2-5,8H,6-7H2,1H3,(H,16,18,21). The molecule has 1 N–H and O–H groups in total. The maximum absolute atomic E-state index is 12.3. The van der Waals surface area contributed by atoms with Crippen molar-refractivity contribution in [2.45, 2.75) is 0 Å². The number of carbonyl (C=O) groups excluding carboxylic acids is 1. The molecule has 0 saturated carbocycles. The third-order valence-corrected chi connectivity index (χ3v) is 3.38. The zero-order valence-electron chi connectivity index (χ0n) is 12.7. The van der Waals surface area contributed by atoms with Crippen LogP contribution >= 0.6 is 0 Å². The maximum atomic E-state index is 12.3. The summed E-state index contributed by atoms with van der Waals surface area (Å²) in [6.07, 6.45) is 1.76. The zero-order chi connectivity index (χ0) is 16.5. The first-order valence-electron chi connectivity index (χ1n) is 7.23. The maximum Gasteiger partial charge on any atom is 0.322 e. The van der Waals surface area contributed by atoms with Gasteiger partial charge < -0.3 is 13.9 Å². The van der Waals surface area contributed by atoms with E-state index in [0.29, 0.717) is 36.0 Å². The molecule has 0 radical (unpaired) electrons. The average Bonchev–Trinajstić information content (AvgIpc) is 3.23. The van der Waals surface area contributed by atoms with Gasteiger partial charge in [-0.3, -0.25) is 14.8 Å². The highest BCUT2D eigenvalue weighted by Crippen LogP contribution is 2.31. The van der Waals surface area contributed by atoms with Crippen molar-refractivity contribution in [1.82, 2.24) is 20.0 Å². The molecule has 4 rings (SSSR count). The first-order chi connectivity index (χ1) is 11.7. The van der Waals surface area contributed by atoms with E-state index in [0.717, 1.165) is 0 Å². The molecule has 1 aliphatic heterocycles. The van der Waals surface area contributed by atoms with Crippen LogP contribution in [0.2, 0.25) is 0 Å². The molecule has 0 unspecified atom stereocenters. The topological polar surface area (TPSA) is 104 Å². The first-order valence-corrected chi connectivity index (χ1v) is 7.23. The number of rotatable bonds is 3. The van der Waals surface area contributed by atoms with Gasteiger partial charge in [0.05, 0.1) is 0 Å².